The van der Waals surface area contributed by atoms with E-state index in [1.807, 2.05) is 6.92 Å². The van der Waals surface area contributed by atoms with Gasteiger partial charge in [-0.3, -0.25) is 4.98 Å². The lowest BCUT2D eigenvalue weighted by Crippen LogP contribution is -2.05. The first-order chi connectivity index (χ1) is 9.11. The first-order valence-corrected chi connectivity index (χ1v) is 5.64. The molecule has 1 aromatic carbocycles. The monoisotopic (exact) mass is 259 g/mol. The fourth-order valence-electron chi connectivity index (χ4n) is 1.69. The molecule has 0 atom stereocenters. The average Bonchev–Trinajstić information content (AvgIpc) is 2.39. The molecule has 2 aromatic rings. The molecule has 0 bridgehead atoms. The maximum Gasteiger partial charge on any atom is 0.150 e. The molecule has 0 aliphatic rings. The predicted octanol–water partition coefficient (Wildman–Crippen LogP) is 3.15. The molecule has 0 saturated carbocycles. The average molecular weight is 259 g/mol. The Hall–Kier alpha value is -2.48. The first-order valence-electron chi connectivity index (χ1n) is 5.64. The fourth-order valence-corrected chi connectivity index (χ4v) is 1.69. The zero-order valence-electron chi connectivity index (χ0n) is 10.2. The smallest absolute Gasteiger partial charge is 0.150 e. The highest BCUT2D eigenvalue weighted by Gasteiger charge is 2.11. The van der Waals surface area contributed by atoms with Crippen LogP contribution in [0.5, 0.6) is 0 Å². The normalized spacial score (nSPS) is 10.0. The van der Waals surface area contributed by atoms with Crippen molar-refractivity contribution in [1.29, 1.82) is 5.26 Å². The molecule has 1 N–H and O–H groups in total. The number of hydrogen-bond donors (Lipinski definition) is 1. The molecule has 0 aliphatic carbocycles. The van der Waals surface area contributed by atoms with E-state index in [0.717, 1.165) is 23.3 Å². The summed E-state index contributed by atoms with van der Waals surface area (Å²) in [6.07, 6.45) is 3.30. The summed E-state index contributed by atoms with van der Waals surface area (Å²) in [5.41, 5.74) is 1.57. The Morgan fingerprint density at radius 3 is 2.58 bits per heavy atom. The Kier molecular flexibility index (Phi) is 3.71. The number of hydrogen-bond acceptors (Lipinski definition) is 3. The topological polar surface area (TPSA) is 48.7 Å². The predicted molar refractivity (Wildman–Crippen MR) is 67.4 cm³/mol. The lowest BCUT2D eigenvalue weighted by Gasteiger charge is -2.10. The lowest BCUT2D eigenvalue weighted by atomic mass is 10.1. The van der Waals surface area contributed by atoms with E-state index in [1.54, 1.807) is 24.5 Å². The van der Waals surface area contributed by atoms with Gasteiger partial charge in [0.2, 0.25) is 0 Å². The molecule has 0 unspecified atom stereocenters. The van der Waals surface area contributed by atoms with Crippen molar-refractivity contribution < 1.29 is 8.78 Å². The molecule has 0 aliphatic heterocycles. The summed E-state index contributed by atoms with van der Waals surface area (Å²) in [7, 11) is 0. The molecule has 0 spiro atoms. The van der Waals surface area contributed by atoms with E-state index in [0.29, 0.717) is 0 Å². The van der Waals surface area contributed by atoms with Crippen LogP contribution in [0.4, 0.5) is 14.5 Å². The van der Waals surface area contributed by atoms with Gasteiger partial charge >= 0.3 is 0 Å². The van der Waals surface area contributed by atoms with Crippen LogP contribution in [0.25, 0.3) is 0 Å². The number of aryl methyl sites for hydroxylation is 1. The molecule has 19 heavy (non-hydrogen) atoms. The van der Waals surface area contributed by atoms with E-state index in [4.69, 9.17) is 5.26 Å². The minimum atomic E-state index is -0.775. The van der Waals surface area contributed by atoms with Crippen LogP contribution in [0.3, 0.4) is 0 Å². The van der Waals surface area contributed by atoms with Crippen molar-refractivity contribution in [2.24, 2.45) is 0 Å². The van der Waals surface area contributed by atoms with Gasteiger partial charge in [0.25, 0.3) is 0 Å². The molecule has 1 heterocycles. The van der Waals surface area contributed by atoms with Gasteiger partial charge < -0.3 is 5.32 Å². The SMILES string of the molecule is Cc1cnccc1CNc1c(F)cc(C#N)cc1F. The molecule has 0 radical (unpaired) electrons. The minimum Gasteiger partial charge on any atom is -0.376 e. The van der Waals surface area contributed by atoms with E-state index >= 15 is 0 Å². The van der Waals surface area contributed by atoms with Crippen LogP contribution in [0, 0.1) is 29.9 Å². The molecule has 96 valence electrons. The number of aromatic nitrogens is 1. The van der Waals surface area contributed by atoms with Crippen molar-refractivity contribution in [2.45, 2.75) is 13.5 Å². The minimum absolute atomic E-state index is 0.0411. The molecule has 0 fully saturated rings. The summed E-state index contributed by atoms with van der Waals surface area (Å²) in [6, 6.07) is 5.49. The largest absolute Gasteiger partial charge is 0.376 e. The highest BCUT2D eigenvalue weighted by Crippen LogP contribution is 2.21. The summed E-state index contributed by atoms with van der Waals surface area (Å²) in [5.74, 6) is -1.55. The number of rotatable bonds is 3. The van der Waals surface area contributed by atoms with Gasteiger partial charge in [-0.2, -0.15) is 5.26 Å². The van der Waals surface area contributed by atoms with Crippen LogP contribution in [0.15, 0.2) is 30.6 Å². The van der Waals surface area contributed by atoms with Gasteiger partial charge in [0.1, 0.15) is 5.69 Å². The number of anilines is 1. The lowest BCUT2D eigenvalue weighted by molar-refractivity contribution is 0.587. The Labute approximate surface area is 109 Å². The maximum atomic E-state index is 13.6. The highest BCUT2D eigenvalue weighted by atomic mass is 19.1. The van der Waals surface area contributed by atoms with Gasteiger partial charge in [0.05, 0.1) is 11.6 Å². The summed E-state index contributed by atoms with van der Waals surface area (Å²) < 4.78 is 27.3. The van der Waals surface area contributed by atoms with E-state index in [-0.39, 0.29) is 17.8 Å². The van der Waals surface area contributed by atoms with Gasteiger partial charge in [-0.1, -0.05) is 0 Å². The van der Waals surface area contributed by atoms with Crippen LogP contribution in [0.1, 0.15) is 16.7 Å². The van der Waals surface area contributed by atoms with Crippen molar-refractivity contribution in [3.8, 4) is 6.07 Å². The third-order valence-electron chi connectivity index (χ3n) is 2.76. The van der Waals surface area contributed by atoms with Crippen molar-refractivity contribution in [3.05, 3.63) is 58.9 Å². The Morgan fingerprint density at radius 2 is 2.00 bits per heavy atom. The highest BCUT2D eigenvalue weighted by molar-refractivity contribution is 5.50. The van der Waals surface area contributed by atoms with Crippen LogP contribution in [-0.2, 0) is 6.54 Å². The second-order valence-corrected chi connectivity index (χ2v) is 4.08. The molecule has 1 aromatic heterocycles. The number of nitriles is 1. The quantitative estimate of drug-likeness (QED) is 0.921. The van der Waals surface area contributed by atoms with Gasteiger partial charge in [0.15, 0.2) is 11.6 Å². The van der Waals surface area contributed by atoms with Gasteiger partial charge in [-0.05, 0) is 36.2 Å². The second kappa shape index (κ2) is 5.44. The number of nitrogens with one attached hydrogen (secondary N) is 1. The Balaban J connectivity index is 2.21. The molecular formula is C14H11F2N3. The van der Waals surface area contributed by atoms with E-state index in [2.05, 4.69) is 10.3 Å². The van der Waals surface area contributed by atoms with Crippen LogP contribution >= 0.6 is 0 Å². The summed E-state index contributed by atoms with van der Waals surface area (Å²) in [4.78, 5) is 3.95. The molecule has 0 saturated heterocycles. The zero-order valence-corrected chi connectivity index (χ0v) is 10.2. The van der Waals surface area contributed by atoms with E-state index < -0.39 is 11.6 Å². The van der Waals surface area contributed by atoms with Crippen molar-refractivity contribution >= 4 is 5.69 Å². The number of nitrogens with zero attached hydrogens (tertiary/aromatic N) is 2. The zero-order chi connectivity index (χ0) is 13.8. The number of pyridine rings is 1. The van der Waals surface area contributed by atoms with Crippen molar-refractivity contribution in [1.82, 2.24) is 4.98 Å². The van der Waals surface area contributed by atoms with Gasteiger partial charge in [0, 0.05) is 18.9 Å². The van der Waals surface area contributed by atoms with Crippen molar-refractivity contribution in [2.75, 3.05) is 5.32 Å². The number of halogens is 2. The van der Waals surface area contributed by atoms with Crippen LogP contribution in [0.2, 0.25) is 0 Å². The molecule has 0 amide bonds. The Morgan fingerprint density at radius 1 is 1.32 bits per heavy atom. The van der Waals surface area contributed by atoms with Crippen LogP contribution < -0.4 is 5.32 Å². The number of benzene rings is 1. The molecule has 5 heteroatoms. The third kappa shape index (κ3) is 2.86. The van der Waals surface area contributed by atoms with Gasteiger partial charge in [-0.15, -0.1) is 0 Å². The summed E-state index contributed by atoms with van der Waals surface area (Å²) >= 11 is 0. The molecular weight excluding hydrogens is 248 g/mol. The fraction of sp³-hybridized carbons (Fsp3) is 0.143. The first kappa shape index (κ1) is 13.0. The standard InChI is InChI=1S/C14H11F2N3/c1-9-7-18-3-2-11(9)8-19-14-12(15)4-10(6-17)5-13(14)16/h2-5,7,19H,8H2,1H3. The van der Waals surface area contributed by atoms with E-state index in [9.17, 15) is 8.78 Å². The van der Waals surface area contributed by atoms with Crippen LogP contribution in [-0.4, -0.2) is 4.98 Å². The van der Waals surface area contributed by atoms with E-state index in [1.165, 1.54) is 0 Å². The Bertz CT molecular complexity index is 624. The van der Waals surface area contributed by atoms with Crippen molar-refractivity contribution in [3.63, 3.8) is 0 Å². The summed E-state index contributed by atoms with van der Waals surface area (Å²) in [5, 5.41) is 11.3. The second-order valence-electron chi connectivity index (χ2n) is 4.08. The van der Waals surface area contributed by atoms with Gasteiger partial charge in [-0.25, -0.2) is 8.78 Å². The maximum absolute atomic E-state index is 13.6. The summed E-state index contributed by atoms with van der Waals surface area (Å²) in [6.45, 7) is 2.16. The third-order valence-corrected chi connectivity index (χ3v) is 2.76. The molecule has 2 rings (SSSR count). The molecule has 3 nitrogen and oxygen atoms in total.